The predicted molar refractivity (Wildman–Crippen MR) is 79.8 cm³/mol. The SMILES string of the molecule is CSC1(CNC(=O)COc2ccccc2C#N)CCC1. The molecule has 0 radical (unpaired) electrons. The minimum absolute atomic E-state index is 0.0524. The van der Waals surface area contributed by atoms with Crippen LogP contribution in [0.1, 0.15) is 24.8 Å². The summed E-state index contributed by atoms with van der Waals surface area (Å²) in [6, 6.07) is 8.96. The first-order chi connectivity index (χ1) is 9.69. The predicted octanol–water partition coefficient (Wildman–Crippen LogP) is 2.34. The van der Waals surface area contributed by atoms with Gasteiger partial charge in [-0.3, -0.25) is 4.79 Å². The van der Waals surface area contributed by atoms with Gasteiger partial charge in [-0.1, -0.05) is 18.6 Å². The largest absolute Gasteiger partial charge is 0.482 e. The average Bonchev–Trinajstić information content (AvgIpc) is 2.44. The van der Waals surface area contributed by atoms with Crippen LogP contribution in [-0.2, 0) is 4.79 Å². The lowest BCUT2D eigenvalue weighted by atomic mass is 9.84. The summed E-state index contributed by atoms with van der Waals surface area (Å²) in [5, 5.41) is 11.8. The van der Waals surface area contributed by atoms with E-state index in [0.717, 1.165) is 12.8 Å². The van der Waals surface area contributed by atoms with Gasteiger partial charge >= 0.3 is 0 Å². The Hall–Kier alpha value is -1.67. The van der Waals surface area contributed by atoms with E-state index in [9.17, 15) is 4.79 Å². The highest BCUT2D eigenvalue weighted by molar-refractivity contribution is 8.00. The van der Waals surface area contributed by atoms with Crippen molar-refractivity contribution in [1.29, 1.82) is 5.26 Å². The normalized spacial score (nSPS) is 15.8. The molecule has 5 heteroatoms. The van der Waals surface area contributed by atoms with Gasteiger partial charge in [-0.15, -0.1) is 0 Å². The minimum Gasteiger partial charge on any atom is -0.482 e. The van der Waals surface area contributed by atoms with E-state index in [1.165, 1.54) is 6.42 Å². The number of nitriles is 1. The Morgan fingerprint density at radius 1 is 1.50 bits per heavy atom. The molecule has 2 rings (SSSR count). The highest BCUT2D eigenvalue weighted by Gasteiger charge is 2.36. The third kappa shape index (κ3) is 3.45. The van der Waals surface area contributed by atoms with Crippen LogP contribution in [0.2, 0.25) is 0 Å². The second kappa shape index (κ2) is 6.67. The van der Waals surface area contributed by atoms with E-state index in [2.05, 4.69) is 11.6 Å². The van der Waals surface area contributed by atoms with Crippen LogP contribution in [0.3, 0.4) is 0 Å². The van der Waals surface area contributed by atoms with E-state index >= 15 is 0 Å². The number of ether oxygens (including phenoxy) is 1. The van der Waals surface area contributed by atoms with Crippen molar-refractivity contribution in [2.75, 3.05) is 19.4 Å². The molecule has 1 aromatic rings. The van der Waals surface area contributed by atoms with E-state index in [0.29, 0.717) is 17.9 Å². The molecule has 1 saturated carbocycles. The monoisotopic (exact) mass is 290 g/mol. The summed E-state index contributed by atoms with van der Waals surface area (Å²) in [5.41, 5.74) is 0.444. The first kappa shape index (κ1) is 14.7. The van der Waals surface area contributed by atoms with Crippen molar-refractivity contribution in [2.24, 2.45) is 0 Å². The summed E-state index contributed by atoms with van der Waals surface area (Å²) in [6.45, 7) is 0.638. The highest BCUT2D eigenvalue weighted by Crippen LogP contribution is 2.42. The fourth-order valence-corrected chi connectivity index (χ4v) is 3.08. The van der Waals surface area contributed by atoms with Gasteiger partial charge in [0.05, 0.1) is 5.56 Å². The quantitative estimate of drug-likeness (QED) is 0.873. The number of carbonyl (C=O) groups excluding carboxylic acids is 1. The number of thioether (sulfide) groups is 1. The van der Waals surface area contributed by atoms with Crippen molar-refractivity contribution in [1.82, 2.24) is 5.32 Å². The molecule has 106 valence electrons. The van der Waals surface area contributed by atoms with Crippen molar-refractivity contribution in [2.45, 2.75) is 24.0 Å². The van der Waals surface area contributed by atoms with Crippen LogP contribution < -0.4 is 10.1 Å². The molecular formula is C15H18N2O2S. The maximum Gasteiger partial charge on any atom is 0.257 e. The molecule has 0 saturated heterocycles. The molecule has 0 aliphatic heterocycles. The first-order valence-corrected chi connectivity index (χ1v) is 7.85. The zero-order valence-electron chi connectivity index (χ0n) is 11.5. The van der Waals surface area contributed by atoms with Gasteiger partial charge in [-0.2, -0.15) is 17.0 Å². The van der Waals surface area contributed by atoms with Crippen LogP contribution in [0.4, 0.5) is 0 Å². The molecule has 1 aliphatic carbocycles. The van der Waals surface area contributed by atoms with Crippen molar-refractivity contribution in [3.63, 3.8) is 0 Å². The average molecular weight is 290 g/mol. The minimum atomic E-state index is -0.141. The second-order valence-corrected chi connectivity index (χ2v) is 6.19. The van der Waals surface area contributed by atoms with Crippen molar-refractivity contribution in [3.05, 3.63) is 29.8 Å². The lowest BCUT2D eigenvalue weighted by Crippen LogP contribution is -2.46. The molecule has 0 atom stereocenters. The molecule has 0 bridgehead atoms. The number of rotatable bonds is 6. The first-order valence-electron chi connectivity index (χ1n) is 6.63. The molecular weight excluding hydrogens is 272 g/mol. The van der Waals surface area contributed by atoms with Crippen LogP contribution in [0, 0.1) is 11.3 Å². The fourth-order valence-electron chi connectivity index (χ4n) is 2.16. The number of hydrogen-bond acceptors (Lipinski definition) is 4. The Morgan fingerprint density at radius 2 is 2.25 bits per heavy atom. The molecule has 0 aromatic heterocycles. The van der Waals surface area contributed by atoms with Gasteiger partial charge in [-0.25, -0.2) is 0 Å². The van der Waals surface area contributed by atoms with Crippen LogP contribution in [0.25, 0.3) is 0 Å². The van der Waals surface area contributed by atoms with Crippen LogP contribution >= 0.6 is 11.8 Å². The molecule has 1 N–H and O–H groups in total. The lowest BCUT2D eigenvalue weighted by Gasteiger charge is -2.40. The Labute approximate surface area is 123 Å². The van der Waals surface area contributed by atoms with Gasteiger partial charge in [0.1, 0.15) is 11.8 Å². The van der Waals surface area contributed by atoms with Crippen LogP contribution in [0.5, 0.6) is 5.75 Å². The van der Waals surface area contributed by atoms with E-state index in [4.69, 9.17) is 10.00 Å². The summed E-state index contributed by atoms with van der Waals surface area (Å²) in [4.78, 5) is 11.8. The standard InChI is InChI=1S/C15H18N2O2S/c1-20-15(7-4-8-15)11-17-14(18)10-19-13-6-3-2-5-12(13)9-16/h2-3,5-6H,4,7-8,10-11H2,1H3,(H,17,18). The Balaban J connectivity index is 1.79. The maximum atomic E-state index is 11.8. The second-order valence-electron chi connectivity index (χ2n) is 4.91. The molecule has 0 spiro atoms. The summed E-state index contributed by atoms with van der Waals surface area (Å²) in [5.74, 6) is 0.312. The van der Waals surface area contributed by atoms with Gasteiger partial charge in [0.2, 0.25) is 0 Å². The summed E-state index contributed by atoms with van der Waals surface area (Å²) >= 11 is 1.82. The van der Waals surface area contributed by atoms with Gasteiger partial charge < -0.3 is 10.1 Å². The lowest BCUT2D eigenvalue weighted by molar-refractivity contribution is -0.123. The summed E-state index contributed by atoms with van der Waals surface area (Å²) in [7, 11) is 0. The molecule has 1 fully saturated rings. The highest BCUT2D eigenvalue weighted by atomic mass is 32.2. The molecule has 1 amide bonds. The molecule has 1 aliphatic rings. The van der Waals surface area contributed by atoms with Crippen molar-refractivity contribution < 1.29 is 9.53 Å². The molecule has 1 aromatic carbocycles. The number of carbonyl (C=O) groups is 1. The Bertz CT molecular complexity index is 515. The molecule has 4 nitrogen and oxygen atoms in total. The number of para-hydroxylation sites is 1. The topological polar surface area (TPSA) is 62.1 Å². The number of nitrogens with one attached hydrogen (secondary N) is 1. The van der Waals surface area contributed by atoms with Crippen LogP contribution in [0.15, 0.2) is 24.3 Å². The fraction of sp³-hybridized carbons (Fsp3) is 0.467. The van der Waals surface area contributed by atoms with Crippen molar-refractivity contribution in [3.8, 4) is 11.8 Å². The zero-order valence-corrected chi connectivity index (χ0v) is 12.3. The third-order valence-electron chi connectivity index (χ3n) is 3.67. The number of hydrogen-bond donors (Lipinski definition) is 1. The number of benzene rings is 1. The third-order valence-corrected chi connectivity index (χ3v) is 5.09. The van der Waals surface area contributed by atoms with Crippen LogP contribution in [-0.4, -0.2) is 30.1 Å². The zero-order chi connectivity index (χ0) is 14.4. The van der Waals surface area contributed by atoms with Gasteiger partial charge in [0.15, 0.2) is 6.61 Å². The van der Waals surface area contributed by atoms with E-state index in [1.54, 1.807) is 24.3 Å². The summed E-state index contributed by atoms with van der Waals surface area (Å²) in [6.07, 6.45) is 5.65. The maximum absolute atomic E-state index is 11.8. The van der Waals surface area contributed by atoms with E-state index < -0.39 is 0 Å². The molecule has 0 unspecified atom stereocenters. The number of nitrogens with zero attached hydrogens (tertiary/aromatic N) is 1. The number of amides is 1. The van der Waals surface area contributed by atoms with E-state index in [1.807, 2.05) is 17.8 Å². The van der Waals surface area contributed by atoms with Gasteiger partial charge in [-0.05, 0) is 31.2 Å². The smallest absolute Gasteiger partial charge is 0.257 e. The molecule has 20 heavy (non-hydrogen) atoms. The Morgan fingerprint density at radius 3 is 2.85 bits per heavy atom. The van der Waals surface area contributed by atoms with Gasteiger partial charge in [0.25, 0.3) is 5.91 Å². The van der Waals surface area contributed by atoms with Gasteiger partial charge in [0, 0.05) is 11.3 Å². The van der Waals surface area contributed by atoms with E-state index in [-0.39, 0.29) is 17.3 Å². The molecule has 0 heterocycles. The summed E-state index contributed by atoms with van der Waals surface area (Å²) < 4.78 is 5.62. The Kier molecular flexibility index (Phi) is 4.91. The van der Waals surface area contributed by atoms with Crippen molar-refractivity contribution >= 4 is 17.7 Å².